The van der Waals surface area contributed by atoms with Gasteiger partial charge in [0.25, 0.3) is 5.91 Å². The van der Waals surface area contributed by atoms with Crippen molar-refractivity contribution in [1.29, 1.82) is 0 Å². The maximum atomic E-state index is 12.7. The van der Waals surface area contributed by atoms with Gasteiger partial charge in [0.2, 0.25) is 11.8 Å². The van der Waals surface area contributed by atoms with Crippen molar-refractivity contribution in [3.8, 4) is 0 Å². The van der Waals surface area contributed by atoms with Gasteiger partial charge in [-0.1, -0.05) is 18.2 Å². The molecule has 2 rings (SSSR count). The van der Waals surface area contributed by atoms with E-state index in [4.69, 9.17) is 0 Å². The first-order valence-electron chi connectivity index (χ1n) is 8.46. The summed E-state index contributed by atoms with van der Waals surface area (Å²) < 4.78 is 0. The highest BCUT2D eigenvalue weighted by Crippen LogP contribution is 2.20. The molecule has 3 amide bonds. The third-order valence-electron chi connectivity index (χ3n) is 3.73. The fraction of sp³-hybridized carbons (Fsp3) is 0.444. The number of hydrogen-bond donors (Lipinski definition) is 1. The second-order valence-electron chi connectivity index (χ2n) is 6.13. The molecule has 0 spiro atoms. The fourth-order valence-corrected chi connectivity index (χ4v) is 2.53. The number of para-hydroxylation sites is 1. The average Bonchev–Trinajstić information content (AvgIpc) is 2.59. The Morgan fingerprint density at radius 3 is 2.52 bits per heavy atom. The van der Waals surface area contributed by atoms with Gasteiger partial charge in [0.1, 0.15) is 5.71 Å². The summed E-state index contributed by atoms with van der Waals surface area (Å²) in [5.74, 6) is -0.671. The van der Waals surface area contributed by atoms with Crippen LogP contribution in [0.3, 0.4) is 0 Å². The maximum Gasteiger partial charge on any atom is 0.270 e. The number of carbonyl (C=O) groups is 3. The van der Waals surface area contributed by atoms with Crippen molar-refractivity contribution >= 4 is 29.1 Å². The second kappa shape index (κ2) is 8.41. The summed E-state index contributed by atoms with van der Waals surface area (Å²) in [5, 5.41) is 8.28. The molecule has 1 aliphatic rings. The Hall–Kier alpha value is -2.70. The molecule has 0 saturated carbocycles. The van der Waals surface area contributed by atoms with Gasteiger partial charge in [-0.3, -0.25) is 14.4 Å². The van der Waals surface area contributed by atoms with Crippen molar-refractivity contribution in [2.75, 3.05) is 18.1 Å². The molecular weight excluding hydrogens is 320 g/mol. The standard InChI is InChI=1S/C18H24N4O3/c1-4-21(12-16(23)19-13(2)3)18(25)15-10-11-17(24)22(20-15)14-8-6-5-7-9-14/h5-9,13H,4,10-12H2,1-3H3,(H,19,23). The van der Waals surface area contributed by atoms with E-state index in [0.29, 0.717) is 17.9 Å². The fourth-order valence-electron chi connectivity index (χ4n) is 2.53. The van der Waals surface area contributed by atoms with Crippen LogP contribution in [0.1, 0.15) is 33.6 Å². The molecule has 0 fully saturated rings. The largest absolute Gasteiger partial charge is 0.352 e. The zero-order valence-electron chi connectivity index (χ0n) is 14.9. The van der Waals surface area contributed by atoms with Crippen LogP contribution in [0.5, 0.6) is 0 Å². The summed E-state index contributed by atoms with van der Waals surface area (Å²) in [7, 11) is 0. The van der Waals surface area contributed by atoms with Crippen LogP contribution in [-0.2, 0) is 14.4 Å². The van der Waals surface area contributed by atoms with E-state index in [-0.39, 0.29) is 43.1 Å². The van der Waals surface area contributed by atoms with E-state index in [1.807, 2.05) is 39.0 Å². The first-order chi connectivity index (χ1) is 11.9. The van der Waals surface area contributed by atoms with Gasteiger partial charge in [0.05, 0.1) is 12.2 Å². The average molecular weight is 344 g/mol. The Kier molecular flexibility index (Phi) is 6.27. The van der Waals surface area contributed by atoms with E-state index in [1.54, 1.807) is 12.1 Å². The zero-order valence-corrected chi connectivity index (χ0v) is 14.9. The molecule has 1 aliphatic heterocycles. The predicted molar refractivity (Wildman–Crippen MR) is 96.1 cm³/mol. The van der Waals surface area contributed by atoms with E-state index < -0.39 is 0 Å². The molecule has 1 aromatic rings. The quantitative estimate of drug-likeness (QED) is 0.850. The van der Waals surface area contributed by atoms with Gasteiger partial charge in [-0.05, 0) is 32.9 Å². The van der Waals surface area contributed by atoms with Gasteiger partial charge in [0.15, 0.2) is 0 Å². The van der Waals surface area contributed by atoms with E-state index in [9.17, 15) is 14.4 Å². The van der Waals surface area contributed by atoms with Crippen LogP contribution in [0.25, 0.3) is 0 Å². The maximum absolute atomic E-state index is 12.7. The predicted octanol–water partition coefficient (Wildman–Crippen LogP) is 1.54. The molecule has 0 bridgehead atoms. The summed E-state index contributed by atoms with van der Waals surface area (Å²) in [5.41, 5.74) is 0.917. The highest BCUT2D eigenvalue weighted by atomic mass is 16.2. The van der Waals surface area contributed by atoms with Crippen molar-refractivity contribution in [3.63, 3.8) is 0 Å². The third-order valence-corrected chi connectivity index (χ3v) is 3.73. The number of hydrogen-bond acceptors (Lipinski definition) is 4. The van der Waals surface area contributed by atoms with E-state index in [1.165, 1.54) is 9.91 Å². The molecule has 25 heavy (non-hydrogen) atoms. The number of benzene rings is 1. The first kappa shape index (κ1) is 18.6. The summed E-state index contributed by atoms with van der Waals surface area (Å²) in [6.45, 7) is 5.91. The van der Waals surface area contributed by atoms with Crippen molar-refractivity contribution in [2.45, 2.75) is 39.7 Å². The third kappa shape index (κ3) is 4.89. The number of likely N-dealkylation sites (N-methyl/N-ethyl adjacent to an activating group) is 1. The smallest absolute Gasteiger partial charge is 0.270 e. The topological polar surface area (TPSA) is 82.1 Å². The molecule has 0 aliphatic carbocycles. The van der Waals surface area contributed by atoms with Gasteiger partial charge in [0, 0.05) is 25.4 Å². The minimum atomic E-state index is -0.310. The van der Waals surface area contributed by atoms with Crippen molar-refractivity contribution in [3.05, 3.63) is 30.3 Å². The lowest BCUT2D eigenvalue weighted by Gasteiger charge is -2.26. The molecule has 7 heteroatoms. The Labute approximate surface area is 147 Å². The highest BCUT2D eigenvalue weighted by Gasteiger charge is 2.28. The zero-order chi connectivity index (χ0) is 18.4. The van der Waals surface area contributed by atoms with Crippen LogP contribution in [0, 0.1) is 0 Å². The Morgan fingerprint density at radius 2 is 1.92 bits per heavy atom. The molecule has 0 unspecified atom stereocenters. The second-order valence-corrected chi connectivity index (χ2v) is 6.13. The van der Waals surface area contributed by atoms with Crippen molar-refractivity contribution in [1.82, 2.24) is 10.2 Å². The summed E-state index contributed by atoms with van der Waals surface area (Å²) >= 11 is 0. The summed E-state index contributed by atoms with van der Waals surface area (Å²) in [6.07, 6.45) is 0.499. The molecule has 7 nitrogen and oxygen atoms in total. The lowest BCUT2D eigenvalue weighted by Crippen LogP contribution is -2.46. The van der Waals surface area contributed by atoms with Crippen LogP contribution in [0.2, 0.25) is 0 Å². The summed E-state index contributed by atoms with van der Waals surface area (Å²) in [4.78, 5) is 38.2. The van der Waals surface area contributed by atoms with E-state index in [0.717, 1.165) is 0 Å². The molecule has 0 atom stereocenters. The van der Waals surface area contributed by atoms with Crippen LogP contribution >= 0.6 is 0 Å². The number of nitrogens with one attached hydrogen (secondary N) is 1. The van der Waals surface area contributed by atoms with Crippen LogP contribution < -0.4 is 10.3 Å². The molecule has 1 heterocycles. The lowest BCUT2D eigenvalue weighted by atomic mass is 10.1. The Balaban J connectivity index is 2.16. The van der Waals surface area contributed by atoms with Crippen LogP contribution in [0.15, 0.2) is 35.4 Å². The van der Waals surface area contributed by atoms with E-state index >= 15 is 0 Å². The van der Waals surface area contributed by atoms with E-state index in [2.05, 4.69) is 10.4 Å². The molecule has 0 saturated heterocycles. The Bertz CT molecular complexity index is 670. The SMILES string of the molecule is CCN(CC(=O)NC(C)C)C(=O)C1=NN(c2ccccc2)C(=O)CC1. The van der Waals surface area contributed by atoms with Crippen LogP contribution in [0.4, 0.5) is 5.69 Å². The molecule has 1 aromatic carbocycles. The minimum Gasteiger partial charge on any atom is -0.352 e. The monoisotopic (exact) mass is 344 g/mol. The molecule has 1 N–H and O–H groups in total. The normalized spacial score (nSPS) is 14.3. The first-order valence-corrected chi connectivity index (χ1v) is 8.46. The number of nitrogens with zero attached hydrogens (tertiary/aromatic N) is 3. The number of amides is 3. The van der Waals surface area contributed by atoms with Gasteiger partial charge in [-0.25, -0.2) is 5.01 Å². The molecule has 0 radical (unpaired) electrons. The summed E-state index contributed by atoms with van der Waals surface area (Å²) in [6, 6.07) is 9.01. The van der Waals surface area contributed by atoms with Gasteiger partial charge in [-0.15, -0.1) is 0 Å². The van der Waals surface area contributed by atoms with Crippen molar-refractivity contribution < 1.29 is 14.4 Å². The van der Waals surface area contributed by atoms with Gasteiger partial charge in [-0.2, -0.15) is 5.10 Å². The number of hydrazone groups is 1. The lowest BCUT2D eigenvalue weighted by molar-refractivity contribution is -0.131. The van der Waals surface area contributed by atoms with Crippen molar-refractivity contribution in [2.24, 2.45) is 5.10 Å². The van der Waals surface area contributed by atoms with Gasteiger partial charge < -0.3 is 10.2 Å². The highest BCUT2D eigenvalue weighted by molar-refractivity contribution is 6.40. The molecule has 0 aromatic heterocycles. The van der Waals surface area contributed by atoms with Crippen LogP contribution in [-0.4, -0.2) is 47.5 Å². The molecular formula is C18H24N4O3. The minimum absolute atomic E-state index is 0.0134. The number of carbonyl (C=O) groups excluding carboxylic acids is 3. The number of rotatable bonds is 6. The molecule has 134 valence electrons. The van der Waals surface area contributed by atoms with Gasteiger partial charge >= 0.3 is 0 Å². The number of anilines is 1. The Morgan fingerprint density at radius 1 is 1.24 bits per heavy atom.